The highest BCUT2D eigenvalue weighted by atomic mass is 32.2. The van der Waals surface area contributed by atoms with Crippen LogP contribution in [-0.4, -0.2) is 37.0 Å². The van der Waals surface area contributed by atoms with Crippen molar-refractivity contribution >= 4 is 17.7 Å². The number of hydrogen-bond donors (Lipinski definition) is 2. The van der Waals surface area contributed by atoms with E-state index in [-0.39, 0.29) is 19.1 Å². The summed E-state index contributed by atoms with van der Waals surface area (Å²) in [6, 6.07) is 7.63. The van der Waals surface area contributed by atoms with Crippen molar-refractivity contribution in [3.05, 3.63) is 29.8 Å². The molecule has 0 aliphatic heterocycles. The number of nitrogens with one attached hydrogen (secondary N) is 1. The maximum Gasteiger partial charge on any atom is 0.246 e. The number of hydrogen-bond acceptors (Lipinski definition) is 4. The Morgan fingerprint density at radius 1 is 1.44 bits per heavy atom. The summed E-state index contributed by atoms with van der Waals surface area (Å²) in [5.41, 5.74) is 0.796. The van der Waals surface area contributed by atoms with Gasteiger partial charge in [0.25, 0.3) is 0 Å². The summed E-state index contributed by atoms with van der Waals surface area (Å²) < 4.78 is 4.97. The Balaban J connectivity index is 2.39. The maximum atomic E-state index is 11.3. The Morgan fingerprint density at radius 3 is 2.67 bits per heavy atom. The Morgan fingerprint density at radius 2 is 2.11 bits per heavy atom. The molecule has 0 fully saturated rings. The number of rotatable bonds is 7. The minimum absolute atomic E-state index is 0.0363. The van der Waals surface area contributed by atoms with E-state index in [2.05, 4.69) is 5.32 Å². The van der Waals surface area contributed by atoms with Gasteiger partial charge in [-0.2, -0.15) is 0 Å². The van der Waals surface area contributed by atoms with Gasteiger partial charge in [0.2, 0.25) is 5.91 Å². The average molecular weight is 269 g/mol. The normalized spacial score (nSPS) is 12.2. The predicted octanol–water partition coefficient (Wildman–Crippen LogP) is 1.59. The monoisotopic (exact) mass is 269 g/mol. The van der Waals surface area contributed by atoms with Gasteiger partial charge in [0.1, 0.15) is 6.61 Å². The summed E-state index contributed by atoms with van der Waals surface area (Å²) >= 11 is 1.65. The number of benzene rings is 1. The molecular formula is C13H19NO3S. The van der Waals surface area contributed by atoms with Crippen molar-refractivity contribution in [2.24, 2.45) is 0 Å². The van der Waals surface area contributed by atoms with Gasteiger partial charge in [-0.25, -0.2) is 0 Å². The summed E-state index contributed by atoms with van der Waals surface area (Å²) in [5.74, 6) is -0.211. The fourth-order valence-electron chi connectivity index (χ4n) is 1.40. The van der Waals surface area contributed by atoms with E-state index in [1.165, 1.54) is 0 Å². The topological polar surface area (TPSA) is 58.6 Å². The van der Waals surface area contributed by atoms with Gasteiger partial charge in [0, 0.05) is 18.0 Å². The molecule has 1 rings (SSSR count). The zero-order chi connectivity index (χ0) is 13.4. The second kappa shape index (κ2) is 8.13. The van der Waals surface area contributed by atoms with Crippen molar-refractivity contribution in [2.75, 3.05) is 26.0 Å². The van der Waals surface area contributed by atoms with Crippen LogP contribution in [0, 0.1) is 0 Å². The Hall–Kier alpha value is -1.04. The molecule has 1 aromatic rings. The molecule has 0 bridgehead atoms. The SMILES string of the molecule is CCOCC(=O)NC[C@@H](O)c1ccc(SC)cc1. The van der Waals surface area contributed by atoms with E-state index in [1.54, 1.807) is 11.8 Å². The maximum absolute atomic E-state index is 11.3. The Kier molecular flexibility index (Phi) is 6.78. The number of ether oxygens (including phenoxy) is 1. The van der Waals surface area contributed by atoms with Crippen LogP contribution in [0.15, 0.2) is 29.2 Å². The van der Waals surface area contributed by atoms with Crippen molar-refractivity contribution in [3.63, 3.8) is 0 Å². The third kappa shape index (κ3) is 5.08. The van der Waals surface area contributed by atoms with Crippen molar-refractivity contribution in [1.29, 1.82) is 0 Å². The molecule has 0 heterocycles. The lowest BCUT2D eigenvalue weighted by Crippen LogP contribution is -2.31. The molecule has 1 atom stereocenters. The van der Waals surface area contributed by atoms with Crippen LogP contribution in [0.25, 0.3) is 0 Å². The molecule has 0 unspecified atom stereocenters. The quantitative estimate of drug-likeness (QED) is 0.738. The van der Waals surface area contributed by atoms with Gasteiger partial charge in [-0.1, -0.05) is 12.1 Å². The van der Waals surface area contributed by atoms with Crippen molar-refractivity contribution in [3.8, 4) is 0 Å². The first-order valence-electron chi connectivity index (χ1n) is 5.83. The third-order valence-electron chi connectivity index (χ3n) is 2.43. The largest absolute Gasteiger partial charge is 0.387 e. The molecule has 18 heavy (non-hydrogen) atoms. The van der Waals surface area contributed by atoms with Crippen molar-refractivity contribution in [1.82, 2.24) is 5.32 Å². The summed E-state index contributed by atoms with van der Waals surface area (Å²) in [5, 5.41) is 12.5. The molecule has 1 aromatic carbocycles. The highest BCUT2D eigenvalue weighted by Gasteiger charge is 2.09. The molecule has 0 aromatic heterocycles. The van der Waals surface area contributed by atoms with Crippen LogP contribution in [0.3, 0.4) is 0 Å². The Labute approximate surface area is 112 Å². The van der Waals surface area contributed by atoms with E-state index >= 15 is 0 Å². The zero-order valence-electron chi connectivity index (χ0n) is 10.7. The molecule has 0 aliphatic rings. The minimum atomic E-state index is -0.688. The van der Waals surface area contributed by atoms with Gasteiger partial charge in [-0.3, -0.25) is 4.79 Å². The molecule has 0 saturated heterocycles. The Bertz CT molecular complexity index is 367. The van der Waals surface area contributed by atoms with Gasteiger partial charge in [0.05, 0.1) is 6.10 Å². The van der Waals surface area contributed by atoms with E-state index in [4.69, 9.17) is 4.74 Å². The molecule has 0 saturated carbocycles. The highest BCUT2D eigenvalue weighted by molar-refractivity contribution is 7.98. The molecule has 100 valence electrons. The van der Waals surface area contributed by atoms with Gasteiger partial charge in [0.15, 0.2) is 0 Å². The molecular weight excluding hydrogens is 250 g/mol. The van der Waals surface area contributed by atoms with Crippen LogP contribution < -0.4 is 5.32 Å². The minimum Gasteiger partial charge on any atom is -0.387 e. The third-order valence-corrected chi connectivity index (χ3v) is 3.17. The van der Waals surface area contributed by atoms with E-state index in [0.717, 1.165) is 10.5 Å². The summed E-state index contributed by atoms with van der Waals surface area (Å²) in [7, 11) is 0. The van der Waals surface area contributed by atoms with Crippen LogP contribution in [0.1, 0.15) is 18.6 Å². The van der Waals surface area contributed by atoms with E-state index in [1.807, 2.05) is 37.4 Å². The number of carbonyl (C=O) groups is 1. The summed E-state index contributed by atoms with van der Waals surface area (Å²) in [6.45, 7) is 2.57. The number of aliphatic hydroxyl groups excluding tert-OH is 1. The standard InChI is InChI=1S/C13H19NO3S/c1-3-17-9-13(16)14-8-12(15)10-4-6-11(18-2)7-5-10/h4-7,12,15H,3,8-9H2,1-2H3,(H,14,16)/t12-/m1/s1. The first kappa shape index (κ1) is 15.0. The molecule has 4 nitrogen and oxygen atoms in total. The number of amides is 1. The average Bonchev–Trinajstić information content (AvgIpc) is 2.42. The van der Waals surface area contributed by atoms with Crippen LogP contribution in [0.5, 0.6) is 0 Å². The summed E-state index contributed by atoms with van der Waals surface area (Å²) in [4.78, 5) is 12.4. The highest BCUT2D eigenvalue weighted by Crippen LogP contribution is 2.18. The van der Waals surface area contributed by atoms with Crippen LogP contribution in [-0.2, 0) is 9.53 Å². The zero-order valence-corrected chi connectivity index (χ0v) is 11.5. The second-order valence-corrected chi connectivity index (χ2v) is 4.61. The van der Waals surface area contributed by atoms with Gasteiger partial charge < -0.3 is 15.2 Å². The van der Waals surface area contributed by atoms with Gasteiger partial charge >= 0.3 is 0 Å². The molecule has 5 heteroatoms. The fraction of sp³-hybridized carbons (Fsp3) is 0.462. The van der Waals surface area contributed by atoms with E-state index in [9.17, 15) is 9.90 Å². The number of carbonyl (C=O) groups excluding carboxylic acids is 1. The molecule has 0 spiro atoms. The predicted molar refractivity (Wildman–Crippen MR) is 72.7 cm³/mol. The molecule has 1 amide bonds. The molecule has 0 aliphatic carbocycles. The first-order valence-corrected chi connectivity index (χ1v) is 7.06. The lowest BCUT2D eigenvalue weighted by atomic mass is 10.1. The lowest BCUT2D eigenvalue weighted by molar-refractivity contribution is -0.126. The van der Waals surface area contributed by atoms with Gasteiger partial charge in [-0.05, 0) is 30.9 Å². The fourth-order valence-corrected chi connectivity index (χ4v) is 1.81. The van der Waals surface area contributed by atoms with E-state index in [0.29, 0.717) is 6.61 Å². The molecule has 0 radical (unpaired) electrons. The molecule has 2 N–H and O–H groups in total. The van der Waals surface area contributed by atoms with Crippen LogP contribution >= 0.6 is 11.8 Å². The second-order valence-electron chi connectivity index (χ2n) is 3.73. The van der Waals surface area contributed by atoms with Crippen molar-refractivity contribution in [2.45, 2.75) is 17.9 Å². The summed E-state index contributed by atoms with van der Waals surface area (Å²) in [6.07, 6.45) is 1.31. The lowest BCUT2D eigenvalue weighted by Gasteiger charge is -2.12. The number of thioether (sulfide) groups is 1. The number of aliphatic hydroxyl groups is 1. The van der Waals surface area contributed by atoms with E-state index < -0.39 is 6.10 Å². The van der Waals surface area contributed by atoms with Crippen LogP contribution in [0.2, 0.25) is 0 Å². The first-order chi connectivity index (χ1) is 8.67. The van der Waals surface area contributed by atoms with Gasteiger partial charge in [-0.15, -0.1) is 11.8 Å². The van der Waals surface area contributed by atoms with Crippen molar-refractivity contribution < 1.29 is 14.6 Å². The van der Waals surface area contributed by atoms with Crippen LogP contribution in [0.4, 0.5) is 0 Å². The smallest absolute Gasteiger partial charge is 0.246 e.